The van der Waals surface area contributed by atoms with Gasteiger partial charge in [-0.05, 0) is 55.0 Å². The number of carbonyl (C=O) groups is 2. The lowest BCUT2D eigenvalue weighted by molar-refractivity contribution is 0.0526. The molecule has 1 aliphatic rings. The van der Waals surface area contributed by atoms with E-state index in [9.17, 15) is 9.59 Å². The fraction of sp³-hybridized carbons (Fsp3) is 0.125. The molecule has 31 heavy (non-hydrogen) atoms. The predicted octanol–water partition coefficient (Wildman–Crippen LogP) is 5.78. The number of carbonyl (C=O) groups excluding carboxylic acids is 2. The molecule has 0 N–H and O–H groups in total. The van der Waals surface area contributed by atoms with Crippen molar-refractivity contribution in [1.29, 1.82) is 0 Å². The Balaban J connectivity index is 1.72. The van der Waals surface area contributed by atoms with Gasteiger partial charge in [0, 0.05) is 16.3 Å². The molecular weight excluding hydrogens is 435 g/mol. The number of esters is 1. The highest BCUT2D eigenvalue weighted by molar-refractivity contribution is 6.37. The summed E-state index contributed by atoms with van der Waals surface area (Å²) in [7, 11) is 0. The third-order valence-corrected chi connectivity index (χ3v) is 5.45. The minimum absolute atomic E-state index is 0.249. The van der Waals surface area contributed by atoms with Gasteiger partial charge in [0.15, 0.2) is 0 Å². The zero-order chi connectivity index (χ0) is 22.0. The molecule has 0 atom stereocenters. The van der Waals surface area contributed by atoms with Crippen LogP contribution in [0.25, 0.3) is 0 Å². The summed E-state index contributed by atoms with van der Waals surface area (Å²) in [6.45, 7) is 2.63. The number of amides is 1. The lowest BCUT2D eigenvalue weighted by atomic mass is 10.1. The largest absolute Gasteiger partial charge is 0.462 e. The Morgan fingerprint density at radius 2 is 1.77 bits per heavy atom. The van der Waals surface area contributed by atoms with E-state index in [-0.39, 0.29) is 16.6 Å². The molecule has 0 saturated carbocycles. The number of anilines is 1. The molecule has 1 amide bonds. The zero-order valence-electron chi connectivity index (χ0n) is 16.6. The average Bonchev–Trinajstić information content (AvgIpc) is 3.12. The molecule has 0 bridgehead atoms. The quantitative estimate of drug-likeness (QED) is 0.470. The summed E-state index contributed by atoms with van der Waals surface area (Å²) in [5, 5.41) is 0.696. The van der Waals surface area contributed by atoms with Gasteiger partial charge in [-0.25, -0.2) is 4.79 Å². The summed E-state index contributed by atoms with van der Waals surface area (Å²) in [6.07, 6.45) is 0. The number of amidine groups is 1. The maximum atomic E-state index is 12.9. The first kappa shape index (κ1) is 21.1. The maximum Gasteiger partial charge on any atom is 0.338 e. The van der Waals surface area contributed by atoms with E-state index in [0.29, 0.717) is 29.6 Å². The van der Waals surface area contributed by atoms with E-state index in [2.05, 4.69) is 4.99 Å². The fourth-order valence-corrected chi connectivity index (χ4v) is 3.90. The van der Waals surface area contributed by atoms with Crippen molar-refractivity contribution in [3.63, 3.8) is 0 Å². The highest BCUT2D eigenvalue weighted by Gasteiger charge is 2.28. The van der Waals surface area contributed by atoms with Crippen LogP contribution >= 0.6 is 23.2 Å². The Morgan fingerprint density at radius 3 is 2.48 bits per heavy atom. The molecule has 1 aliphatic heterocycles. The van der Waals surface area contributed by atoms with Crippen LogP contribution in [0.4, 0.5) is 5.69 Å². The monoisotopic (exact) mass is 452 g/mol. The fourth-order valence-electron chi connectivity index (χ4n) is 3.41. The third-order valence-electron chi connectivity index (χ3n) is 4.90. The smallest absolute Gasteiger partial charge is 0.338 e. The Morgan fingerprint density at radius 1 is 1.03 bits per heavy atom. The number of hydrogen-bond donors (Lipinski definition) is 0. The van der Waals surface area contributed by atoms with Crippen LogP contribution in [0.1, 0.15) is 38.8 Å². The van der Waals surface area contributed by atoms with Crippen LogP contribution in [0.2, 0.25) is 10.0 Å². The van der Waals surface area contributed by atoms with E-state index >= 15 is 0 Å². The summed E-state index contributed by atoms with van der Waals surface area (Å²) in [5.74, 6) is -0.308. The van der Waals surface area contributed by atoms with Crippen LogP contribution in [-0.4, -0.2) is 24.3 Å². The van der Waals surface area contributed by atoms with Crippen LogP contribution in [0, 0.1) is 0 Å². The van der Waals surface area contributed by atoms with Crippen molar-refractivity contribution >= 4 is 46.6 Å². The Bertz CT molecular complexity index is 1190. The molecule has 1 heterocycles. The molecule has 0 fully saturated rings. The van der Waals surface area contributed by atoms with Crippen LogP contribution in [0.5, 0.6) is 0 Å². The molecule has 0 spiro atoms. The topological polar surface area (TPSA) is 59.0 Å². The number of benzene rings is 3. The average molecular weight is 453 g/mol. The minimum Gasteiger partial charge on any atom is -0.462 e. The van der Waals surface area contributed by atoms with Crippen LogP contribution < -0.4 is 4.90 Å². The molecule has 4 rings (SSSR count). The molecule has 3 aromatic carbocycles. The van der Waals surface area contributed by atoms with Gasteiger partial charge in [-0.3, -0.25) is 4.79 Å². The molecule has 0 radical (unpaired) electrons. The number of aliphatic imine (C=N–C) groups is 1. The second-order valence-electron chi connectivity index (χ2n) is 6.88. The first-order valence-electron chi connectivity index (χ1n) is 9.69. The van der Waals surface area contributed by atoms with E-state index in [1.165, 1.54) is 6.07 Å². The Kier molecular flexibility index (Phi) is 6.07. The van der Waals surface area contributed by atoms with Gasteiger partial charge in [-0.1, -0.05) is 47.5 Å². The van der Waals surface area contributed by atoms with Crippen molar-refractivity contribution in [1.82, 2.24) is 0 Å². The molecule has 3 aromatic rings. The third kappa shape index (κ3) is 4.33. The van der Waals surface area contributed by atoms with Crippen LogP contribution in [-0.2, 0) is 11.3 Å². The second-order valence-corrected chi connectivity index (χ2v) is 7.72. The summed E-state index contributed by atoms with van der Waals surface area (Å²) < 4.78 is 5.04. The van der Waals surface area contributed by atoms with E-state index in [1.807, 2.05) is 41.3 Å². The summed E-state index contributed by atoms with van der Waals surface area (Å²) in [4.78, 5) is 31.2. The zero-order valence-corrected chi connectivity index (χ0v) is 18.2. The van der Waals surface area contributed by atoms with Gasteiger partial charge in [-0.2, -0.15) is 4.99 Å². The number of halogens is 2. The molecule has 0 saturated heterocycles. The highest BCUT2D eigenvalue weighted by atomic mass is 35.5. The summed E-state index contributed by atoms with van der Waals surface area (Å²) in [6, 6.07) is 19.5. The van der Waals surface area contributed by atoms with Gasteiger partial charge in [-0.15, -0.1) is 0 Å². The van der Waals surface area contributed by atoms with Crippen molar-refractivity contribution in [2.45, 2.75) is 13.5 Å². The van der Waals surface area contributed by atoms with E-state index in [0.717, 1.165) is 16.8 Å². The molecular formula is C24H18Cl2N2O3. The van der Waals surface area contributed by atoms with E-state index in [4.69, 9.17) is 27.9 Å². The van der Waals surface area contributed by atoms with E-state index in [1.54, 1.807) is 31.2 Å². The van der Waals surface area contributed by atoms with Crippen molar-refractivity contribution in [2.24, 2.45) is 4.99 Å². The van der Waals surface area contributed by atoms with Crippen molar-refractivity contribution in [2.75, 3.05) is 11.5 Å². The van der Waals surface area contributed by atoms with Crippen molar-refractivity contribution in [3.8, 4) is 0 Å². The second kappa shape index (κ2) is 8.92. The minimum atomic E-state index is -0.457. The normalized spacial score (nSPS) is 13.9. The molecule has 0 unspecified atom stereocenters. The number of rotatable bonds is 4. The molecule has 7 heteroatoms. The van der Waals surface area contributed by atoms with Gasteiger partial charge in [0.2, 0.25) is 0 Å². The lowest BCUT2D eigenvalue weighted by Gasteiger charge is -2.19. The predicted molar refractivity (Wildman–Crippen MR) is 122 cm³/mol. The molecule has 156 valence electrons. The molecule has 0 aromatic heterocycles. The first-order chi connectivity index (χ1) is 15.0. The lowest BCUT2D eigenvalue weighted by Crippen LogP contribution is -2.25. The van der Waals surface area contributed by atoms with Crippen LogP contribution in [0.15, 0.2) is 71.7 Å². The first-order valence-corrected chi connectivity index (χ1v) is 10.4. The summed E-state index contributed by atoms with van der Waals surface area (Å²) >= 11 is 12.1. The van der Waals surface area contributed by atoms with E-state index < -0.39 is 5.91 Å². The van der Waals surface area contributed by atoms with Gasteiger partial charge in [0.25, 0.3) is 5.91 Å². The standard InChI is InChI=1S/C24H18Cl2N2O3/c1-2-31-24(30)15-7-10-18(11-8-15)28-14-16-5-3-4-6-19(16)22(28)27-23(29)20-12-9-17(25)13-21(20)26/h3-13H,2,14H2,1H3. The van der Waals surface area contributed by atoms with Gasteiger partial charge in [0.1, 0.15) is 5.84 Å². The summed E-state index contributed by atoms with van der Waals surface area (Å²) in [5.41, 5.74) is 3.46. The number of ether oxygens (including phenoxy) is 1. The SMILES string of the molecule is CCOC(=O)c1ccc(N2Cc3ccccc3C2=NC(=O)c2ccc(Cl)cc2Cl)cc1. The Hall–Kier alpha value is -3.15. The number of nitrogens with zero attached hydrogens (tertiary/aromatic N) is 2. The highest BCUT2D eigenvalue weighted by Crippen LogP contribution is 2.30. The van der Waals surface area contributed by atoms with Crippen molar-refractivity contribution < 1.29 is 14.3 Å². The van der Waals surface area contributed by atoms with Gasteiger partial charge < -0.3 is 9.64 Å². The van der Waals surface area contributed by atoms with Gasteiger partial charge in [0.05, 0.1) is 29.3 Å². The maximum absolute atomic E-state index is 12.9. The van der Waals surface area contributed by atoms with Crippen molar-refractivity contribution in [3.05, 3.63) is 99.0 Å². The molecule has 5 nitrogen and oxygen atoms in total. The van der Waals surface area contributed by atoms with Gasteiger partial charge >= 0.3 is 5.97 Å². The number of hydrogen-bond acceptors (Lipinski definition) is 3. The Labute approximate surface area is 189 Å². The van der Waals surface area contributed by atoms with Crippen LogP contribution in [0.3, 0.4) is 0 Å². The molecule has 0 aliphatic carbocycles. The number of fused-ring (bicyclic) bond motifs is 1.